The molecule has 2 heterocycles. The number of fused-ring (bicyclic) bond motifs is 1. The van der Waals surface area contributed by atoms with Gasteiger partial charge in [-0.05, 0) is 60.5 Å². The van der Waals surface area contributed by atoms with E-state index in [0.717, 1.165) is 10.8 Å². The average Bonchev–Trinajstić information content (AvgIpc) is 3.20. The minimum absolute atomic E-state index is 0.0230. The number of hydrogen-bond acceptors (Lipinski definition) is 5. The number of rotatable bonds is 5. The highest BCUT2D eigenvalue weighted by molar-refractivity contribution is 6.04. The molecule has 1 fully saturated rings. The third-order valence-electron chi connectivity index (χ3n) is 4.90. The van der Waals surface area contributed by atoms with Crippen LogP contribution >= 0.6 is 0 Å². The van der Waals surface area contributed by atoms with Gasteiger partial charge in [0.15, 0.2) is 0 Å². The molecule has 2 N–H and O–H groups in total. The first-order chi connectivity index (χ1) is 13.2. The predicted molar refractivity (Wildman–Crippen MR) is 103 cm³/mol. The van der Waals surface area contributed by atoms with Crippen LogP contribution in [-0.2, 0) is 0 Å². The SMILES string of the molecule is O=C(Nc1ccc2c(OCC3CCCC3)nccc2c1)c1ccc(O)cn1. The number of carbonyl (C=O) groups excluding carboxylic acids is 1. The number of nitrogens with one attached hydrogen (secondary N) is 1. The Hall–Kier alpha value is -3.15. The molecular weight excluding hydrogens is 342 g/mol. The Morgan fingerprint density at radius 2 is 2.00 bits per heavy atom. The Bertz CT molecular complexity index is 951. The van der Waals surface area contributed by atoms with Crippen LogP contribution in [0.2, 0.25) is 0 Å². The molecule has 0 bridgehead atoms. The number of nitrogens with zero attached hydrogens (tertiary/aromatic N) is 2. The van der Waals surface area contributed by atoms with Gasteiger partial charge in [-0.3, -0.25) is 4.79 Å². The van der Waals surface area contributed by atoms with Crippen LogP contribution in [0, 0.1) is 5.92 Å². The maximum absolute atomic E-state index is 12.3. The van der Waals surface area contributed by atoms with Crippen LogP contribution in [0.1, 0.15) is 36.2 Å². The van der Waals surface area contributed by atoms with Gasteiger partial charge in [-0.25, -0.2) is 9.97 Å². The third-order valence-corrected chi connectivity index (χ3v) is 4.90. The second-order valence-electron chi connectivity index (χ2n) is 6.87. The highest BCUT2D eigenvalue weighted by atomic mass is 16.5. The molecule has 1 aliphatic carbocycles. The molecule has 27 heavy (non-hydrogen) atoms. The molecule has 2 aromatic heterocycles. The van der Waals surface area contributed by atoms with Gasteiger partial charge in [0.2, 0.25) is 5.88 Å². The van der Waals surface area contributed by atoms with E-state index in [4.69, 9.17) is 4.74 Å². The molecule has 0 radical (unpaired) electrons. The van der Waals surface area contributed by atoms with Crippen LogP contribution < -0.4 is 10.1 Å². The zero-order chi connectivity index (χ0) is 18.6. The van der Waals surface area contributed by atoms with Gasteiger partial charge in [0.25, 0.3) is 5.91 Å². The van der Waals surface area contributed by atoms with E-state index < -0.39 is 0 Å². The van der Waals surface area contributed by atoms with Gasteiger partial charge in [-0.15, -0.1) is 0 Å². The number of anilines is 1. The Labute approximate surface area is 157 Å². The Morgan fingerprint density at radius 1 is 1.15 bits per heavy atom. The van der Waals surface area contributed by atoms with Gasteiger partial charge >= 0.3 is 0 Å². The van der Waals surface area contributed by atoms with Gasteiger partial charge in [0, 0.05) is 17.3 Å². The minimum atomic E-state index is -0.332. The Morgan fingerprint density at radius 3 is 2.78 bits per heavy atom. The zero-order valence-electron chi connectivity index (χ0n) is 14.9. The summed E-state index contributed by atoms with van der Waals surface area (Å²) in [5.41, 5.74) is 0.901. The van der Waals surface area contributed by atoms with Gasteiger partial charge < -0.3 is 15.2 Å². The molecule has 138 valence electrons. The summed E-state index contributed by atoms with van der Waals surface area (Å²) in [7, 11) is 0. The number of hydrogen-bond donors (Lipinski definition) is 2. The fourth-order valence-corrected chi connectivity index (χ4v) is 3.43. The molecule has 0 atom stereocenters. The largest absolute Gasteiger partial charge is 0.506 e. The molecular formula is C21H21N3O3. The molecule has 1 aromatic carbocycles. The average molecular weight is 363 g/mol. The van der Waals surface area contributed by atoms with Crippen LogP contribution in [0.15, 0.2) is 48.8 Å². The molecule has 6 nitrogen and oxygen atoms in total. The number of benzene rings is 1. The highest BCUT2D eigenvalue weighted by Crippen LogP contribution is 2.29. The Kier molecular flexibility index (Phi) is 4.87. The lowest BCUT2D eigenvalue weighted by molar-refractivity contribution is 0.102. The predicted octanol–water partition coefficient (Wildman–Crippen LogP) is 4.16. The van der Waals surface area contributed by atoms with Gasteiger partial charge in [-0.2, -0.15) is 0 Å². The van der Waals surface area contributed by atoms with Crippen molar-refractivity contribution in [1.82, 2.24) is 9.97 Å². The number of ether oxygens (including phenoxy) is 1. The van der Waals surface area contributed by atoms with Crippen molar-refractivity contribution in [3.8, 4) is 11.6 Å². The summed E-state index contributed by atoms with van der Waals surface area (Å²) >= 11 is 0. The van der Waals surface area contributed by atoms with Crippen LogP contribution in [-0.4, -0.2) is 27.6 Å². The number of pyridine rings is 2. The van der Waals surface area contributed by atoms with Crippen LogP contribution in [0.5, 0.6) is 11.6 Å². The van der Waals surface area contributed by atoms with Crippen molar-refractivity contribution in [3.05, 3.63) is 54.5 Å². The first-order valence-electron chi connectivity index (χ1n) is 9.17. The summed E-state index contributed by atoms with van der Waals surface area (Å²) in [5.74, 6) is 0.951. The van der Waals surface area contributed by atoms with E-state index in [0.29, 0.717) is 24.1 Å². The van der Waals surface area contributed by atoms with E-state index in [-0.39, 0.29) is 17.4 Å². The smallest absolute Gasteiger partial charge is 0.274 e. The van der Waals surface area contributed by atoms with Crippen molar-refractivity contribution in [1.29, 1.82) is 0 Å². The van der Waals surface area contributed by atoms with E-state index in [1.807, 2.05) is 24.3 Å². The summed E-state index contributed by atoms with van der Waals surface area (Å²) in [4.78, 5) is 20.6. The molecule has 0 spiro atoms. The van der Waals surface area contributed by atoms with E-state index in [1.54, 1.807) is 6.20 Å². The molecule has 1 aliphatic rings. The summed E-state index contributed by atoms with van der Waals surface area (Å²) in [6, 6.07) is 10.4. The van der Waals surface area contributed by atoms with Crippen molar-refractivity contribution in [2.75, 3.05) is 11.9 Å². The van der Waals surface area contributed by atoms with E-state index in [2.05, 4.69) is 15.3 Å². The number of amides is 1. The van der Waals surface area contributed by atoms with E-state index in [9.17, 15) is 9.90 Å². The maximum Gasteiger partial charge on any atom is 0.274 e. The summed E-state index contributed by atoms with van der Waals surface area (Å²) in [6.07, 6.45) is 8.00. The molecule has 1 saturated carbocycles. The lowest BCUT2D eigenvalue weighted by atomic mass is 10.1. The number of carbonyl (C=O) groups is 1. The second kappa shape index (κ2) is 7.61. The Balaban J connectivity index is 1.50. The van der Waals surface area contributed by atoms with Crippen molar-refractivity contribution < 1.29 is 14.6 Å². The normalized spacial score (nSPS) is 14.4. The summed E-state index contributed by atoms with van der Waals surface area (Å²) in [6.45, 7) is 0.705. The highest BCUT2D eigenvalue weighted by Gasteiger charge is 2.16. The van der Waals surface area contributed by atoms with Crippen LogP contribution in [0.3, 0.4) is 0 Å². The van der Waals surface area contributed by atoms with E-state index >= 15 is 0 Å². The molecule has 1 amide bonds. The van der Waals surface area contributed by atoms with Crippen LogP contribution in [0.25, 0.3) is 10.8 Å². The number of aromatic hydroxyl groups is 1. The zero-order valence-corrected chi connectivity index (χ0v) is 14.9. The molecule has 4 rings (SSSR count). The molecule has 0 unspecified atom stereocenters. The topological polar surface area (TPSA) is 84.3 Å². The quantitative estimate of drug-likeness (QED) is 0.711. The van der Waals surface area contributed by atoms with Gasteiger partial charge in [-0.1, -0.05) is 12.8 Å². The van der Waals surface area contributed by atoms with Crippen LogP contribution in [0.4, 0.5) is 5.69 Å². The maximum atomic E-state index is 12.3. The van der Waals surface area contributed by atoms with Gasteiger partial charge in [0.05, 0.1) is 12.8 Å². The molecule has 0 saturated heterocycles. The fourth-order valence-electron chi connectivity index (χ4n) is 3.43. The number of aromatic nitrogens is 2. The van der Waals surface area contributed by atoms with Crippen molar-refractivity contribution in [3.63, 3.8) is 0 Å². The molecule has 6 heteroatoms. The standard InChI is InChI=1S/C21H21N3O3/c25-17-6-8-19(23-12-17)20(26)24-16-5-7-18-15(11-16)9-10-22-21(18)27-13-14-3-1-2-4-14/h5-12,14,25H,1-4,13H2,(H,24,26). The van der Waals surface area contributed by atoms with Crippen molar-refractivity contribution in [2.45, 2.75) is 25.7 Å². The lowest BCUT2D eigenvalue weighted by Crippen LogP contribution is -2.13. The fraction of sp³-hybridized carbons (Fsp3) is 0.286. The van der Waals surface area contributed by atoms with E-state index in [1.165, 1.54) is 44.0 Å². The summed E-state index contributed by atoms with van der Waals surface area (Å²) in [5, 5.41) is 14.0. The molecule has 3 aromatic rings. The monoisotopic (exact) mass is 363 g/mol. The first kappa shape index (κ1) is 17.3. The van der Waals surface area contributed by atoms with Crippen molar-refractivity contribution >= 4 is 22.4 Å². The first-order valence-corrected chi connectivity index (χ1v) is 9.17. The van der Waals surface area contributed by atoms with Crippen molar-refractivity contribution in [2.24, 2.45) is 5.92 Å². The third kappa shape index (κ3) is 4.00. The summed E-state index contributed by atoms with van der Waals surface area (Å²) < 4.78 is 5.97. The second-order valence-corrected chi connectivity index (χ2v) is 6.87. The lowest BCUT2D eigenvalue weighted by Gasteiger charge is -2.13. The minimum Gasteiger partial charge on any atom is -0.506 e. The van der Waals surface area contributed by atoms with Gasteiger partial charge in [0.1, 0.15) is 11.4 Å². The molecule has 0 aliphatic heterocycles.